The van der Waals surface area contributed by atoms with Gasteiger partial charge in [-0.2, -0.15) is 0 Å². The molecule has 8 nitrogen and oxygen atoms in total. The second-order valence-electron chi connectivity index (χ2n) is 3.94. The second-order valence-corrected chi connectivity index (χ2v) is 3.94. The molecule has 0 aromatic carbocycles. The predicted octanol–water partition coefficient (Wildman–Crippen LogP) is -1.25. The number of carbonyl (C=O) groups is 3. The Morgan fingerprint density at radius 3 is 2.72 bits per heavy atom. The van der Waals surface area contributed by atoms with E-state index in [0.717, 1.165) is 0 Å². The summed E-state index contributed by atoms with van der Waals surface area (Å²) in [5.41, 5.74) is 5.16. The third kappa shape index (κ3) is 3.33. The normalized spacial score (nSPS) is 21.2. The molecule has 2 atom stereocenters. The molecule has 102 valence electrons. The van der Waals surface area contributed by atoms with Crippen LogP contribution in [0.1, 0.15) is 13.3 Å². The molecule has 1 saturated heterocycles. The minimum atomic E-state index is -1.12. The minimum absolute atomic E-state index is 0.0343. The highest BCUT2D eigenvalue weighted by Crippen LogP contribution is 2.07. The molecule has 0 spiro atoms. The molecule has 1 heterocycles. The highest BCUT2D eigenvalue weighted by molar-refractivity contribution is 5.88. The number of morpholine rings is 1. The first-order chi connectivity index (χ1) is 8.47. The van der Waals surface area contributed by atoms with Gasteiger partial charge >= 0.3 is 12.0 Å². The van der Waals surface area contributed by atoms with E-state index in [9.17, 15) is 14.4 Å². The number of aliphatic carboxylic acids is 1. The van der Waals surface area contributed by atoms with Crippen molar-refractivity contribution in [2.75, 3.05) is 19.8 Å². The first-order valence-corrected chi connectivity index (χ1v) is 5.64. The average molecular weight is 259 g/mol. The van der Waals surface area contributed by atoms with Crippen LogP contribution in [0.15, 0.2) is 0 Å². The van der Waals surface area contributed by atoms with Crippen molar-refractivity contribution in [2.24, 2.45) is 5.73 Å². The van der Waals surface area contributed by atoms with Crippen LogP contribution in [0, 0.1) is 0 Å². The zero-order valence-electron chi connectivity index (χ0n) is 10.1. The van der Waals surface area contributed by atoms with Gasteiger partial charge in [0.2, 0.25) is 5.91 Å². The van der Waals surface area contributed by atoms with Gasteiger partial charge < -0.3 is 25.8 Å². The van der Waals surface area contributed by atoms with Crippen molar-refractivity contribution >= 4 is 17.9 Å². The summed E-state index contributed by atoms with van der Waals surface area (Å²) in [6.45, 7) is 2.17. The summed E-state index contributed by atoms with van der Waals surface area (Å²) in [4.78, 5) is 35.1. The molecule has 0 aliphatic carbocycles. The SMILES string of the molecule is CCC(NC(=O)N1CCOCC1C(N)=O)C(=O)O. The van der Waals surface area contributed by atoms with E-state index in [0.29, 0.717) is 6.61 Å². The Morgan fingerprint density at radius 1 is 1.56 bits per heavy atom. The maximum Gasteiger partial charge on any atom is 0.326 e. The molecule has 1 fully saturated rings. The number of ether oxygens (including phenoxy) is 1. The number of hydrogen-bond donors (Lipinski definition) is 3. The van der Waals surface area contributed by atoms with E-state index in [1.807, 2.05) is 0 Å². The Balaban J connectivity index is 2.68. The number of primary amides is 1. The number of nitrogens with zero attached hydrogens (tertiary/aromatic N) is 1. The summed E-state index contributed by atoms with van der Waals surface area (Å²) in [5.74, 6) is -1.79. The Kier molecular flexibility index (Phi) is 4.90. The van der Waals surface area contributed by atoms with Gasteiger partial charge in [-0.1, -0.05) is 6.92 Å². The van der Waals surface area contributed by atoms with Crippen molar-refractivity contribution in [1.29, 1.82) is 0 Å². The Morgan fingerprint density at radius 2 is 2.22 bits per heavy atom. The lowest BCUT2D eigenvalue weighted by atomic mass is 10.2. The summed E-state index contributed by atoms with van der Waals surface area (Å²) >= 11 is 0. The number of nitrogens with one attached hydrogen (secondary N) is 1. The molecule has 4 N–H and O–H groups in total. The Hall–Kier alpha value is -1.83. The summed E-state index contributed by atoms with van der Waals surface area (Å²) in [6.07, 6.45) is 0.257. The maximum atomic E-state index is 11.9. The van der Waals surface area contributed by atoms with E-state index in [1.54, 1.807) is 6.92 Å². The first kappa shape index (κ1) is 14.2. The number of carbonyl (C=O) groups excluding carboxylic acids is 2. The van der Waals surface area contributed by atoms with Gasteiger partial charge in [-0.25, -0.2) is 9.59 Å². The predicted molar refractivity (Wildman–Crippen MR) is 60.8 cm³/mol. The molecule has 0 radical (unpaired) electrons. The van der Waals surface area contributed by atoms with Crippen molar-refractivity contribution in [1.82, 2.24) is 10.2 Å². The monoisotopic (exact) mass is 259 g/mol. The lowest BCUT2D eigenvalue weighted by molar-refractivity contribution is -0.139. The summed E-state index contributed by atoms with van der Waals surface area (Å²) in [5, 5.41) is 11.2. The van der Waals surface area contributed by atoms with Crippen LogP contribution in [-0.2, 0) is 14.3 Å². The van der Waals surface area contributed by atoms with E-state index in [4.69, 9.17) is 15.6 Å². The number of urea groups is 1. The molecule has 1 aliphatic rings. The fraction of sp³-hybridized carbons (Fsp3) is 0.700. The van der Waals surface area contributed by atoms with Crippen LogP contribution in [-0.4, -0.2) is 59.8 Å². The number of nitrogens with two attached hydrogens (primary N) is 1. The standard InChI is InChI=1S/C10H17N3O5/c1-2-6(9(15)16)12-10(17)13-3-4-18-5-7(13)8(11)14/h6-7H,2-5H2,1H3,(H2,11,14)(H,12,17)(H,15,16). The van der Waals surface area contributed by atoms with Crippen LogP contribution in [0.5, 0.6) is 0 Å². The van der Waals surface area contributed by atoms with Crippen molar-refractivity contribution in [3.63, 3.8) is 0 Å². The zero-order valence-corrected chi connectivity index (χ0v) is 10.1. The third-order valence-electron chi connectivity index (χ3n) is 2.72. The average Bonchev–Trinajstić information content (AvgIpc) is 2.35. The quantitative estimate of drug-likeness (QED) is 0.582. The van der Waals surface area contributed by atoms with Crippen molar-refractivity contribution in [2.45, 2.75) is 25.4 Å². The van der Waals surface area contributed by atoms with Gasteiger partial charge in [-0.3, -0.25) is 4.79 Å². The first-order valence-electron chi connectivity index (χ1n) is 5.64. The molecule has 0 saturated carbocycles. The fourth-order valence-electron chi connectivity index (χ4n) is 1.65. The zero-order chi connectivity index (χ0) is 13.7. The van der Waals surface area contributed by atoms with Gasteiger partial charge in [-0.15, -0.1) is 0 Å². The van der Waals surface area contributed by atoms with Gasteiger partial charge in [0.25, 0.3) is 0 Å². The van der Waals surface area contributed by atoms with E-state index in [1.165, 1.54) is 4.90 Å². The topological polar surface area (TPSA) is 122 Å². The van der Waals surface area contributed by atoms with Gasteiger partial charge in [0.05, 0.1) is 13.2 Å². The van der Waals surface area contributed by atoms with Crippen LogP contribution >= 0.6 is 0 Å². The van der Waals surface area contributed by atoms with Crippen LogP contribution in [0.25, 0.3) is 0 Å². The summed E-state index contributed by atoms with van der Waals surface area (Å²) in [6, 6.07) is -2.45. The number of rotatable bonds is 4. The van der Waals surface area contributed by atoms with Gasteiger partial charge in [0.15, 0.2) is 0 Å². The molecule has 18 heavy (non-hydrogen) atoms. The molecular formula is C10H17N3O5. The smallest absolute Gasteiger partial charge is 0.326 e. The maximum absolute atomic E-state index is 11.9. The molecule has 1 aliphatic heterocycles. The lowest BCUT2D eigenvalue weighted by Crippen LogP contribution is -2.59. The Labute approximate surface area is 104 Å². The molecule has 3 amide bonds. The molecule has 0 aromatic rings. The minimum Gasteiger partial charge on any atom is -0.480 e. The van der Waals surface area contributed by atoms with E-state index in [-0.39, 0.29) is 19.6 Å². The third-order valence-corrected chi connectivity index (χ3v) is 2.72. The van der Waals surface area contributed by atoms with Gasteiger partial charge in [0.1, 0.15) is 12.1 Å². The van der Waals surface area contributed by atoms with E-state index < -0.39 is 30.0 Å². The van der Waals surface area contributed by atoms with Crippen LogP contribution < -0.4 is 11.1 Å². The van der Waals surface area contributed by atoms with Crippen molar-refractivity contribution in [3.05, 3.63) is 0 Å². The van der Waals surface area contributed by atoms with Crippen LogP contribution in [0.2, 0.25) is 0 Å². The Bertz CT molecular complexity index is 346. The highest BCUT2D eigenvalue weighted by Gasteiger charge is 2.32. The molecule has 8 heteroatoms. The van der Waals surface area contributed by atoms with Crippen molar-refractivity contribution in [3.8, 4) is 0 Å². The molecule has 2 unspecified atom stereocenters. The lowest BCUT2D eigenvalue weighted by Gasteiger charge is -2.34. The molecule has 0 aromatic heterocycles. The summed E-state index contributed by atoms with van der Waals surface area (Å²) in [7, 11) is 0. The summed E-state index contributed by atoms with van der Waals surface area (Å²) < 4.78 is 5.06. The van der Waals surface area contributed by atoms with E-state index in [2.05, 4.69) is 5.32 Å². The van der Waals surface area contributed by atoms with Gasteiger partial charge in [0, 0.05) is 6.54 Å². The number of carboxylic acid groups (broad SMARTS) is 1. The highest BCUT2D eigenvalue weighted by atomic mass is 16.5. The molecular weight excluding hydrogens is 242 g/mol. The molecule has 1 rings (SSSR count). The van der Waals surface area contributed by atoms with E-state index >= 15 is 0 Å². The van der Waals surface area contributed by atoms with Crippen LogP contribution in [0.4, 0.5) is 4.79 Å². The van der Waals surface area contributed by atoms with Crippen LogP contribution in [0.3, 0.4) is 0 Å². The number of amides is 3. The largest absolute Gasteiger partial charge is 0.480 e. The second kappa shape index (κ2) is 6.20. The number of hydrogen-bond acceptors (Lipinski definition) is 4. The van der Waals surface area contributed by atoms with Gasteiger partial charge in [-0.05, 0) is 6.42 Å². The van der Waals surface area contributed by atoms with Crippen molar-refractivity contribution < 1.29 is 24.2 Å². The molecule has 0 bridgehead atoms. The number of carboxylic acids is 1. The fourth-order valence-corrected chi connectivity index (χ4v) is 1.65.